The summed E-state index contributed by atoms with van der Waals surface area (Å²) < 4.78 is 6.88. The molecule has 98 valence electrons. The zero-order valence-electron chi connectivity index (χ0n) is 10.7. The summed E-state index contributed by atoms with van der Waals surface area (Å²) in [5, 5.41) is 0. The van der Waals surface area contributed by atoms with Crippen molar-refractivity contribution in [3.8, 4) is 5.75 Å². The number of imidazole rings is 1. The fraction of sp³-hybridized carbons (Fsp3) is 0.286. The van der Waals surface area contributed by atoms with Crippen LogP contribution in [0.3, 0.4) is 0 Å². The van der Waals surface area contributed by atoms with Crippen LogP contribution in [-0.2, 0) is 6.42 Å². The lowest BCUT2D eigenvalue weighted by Gasteiger charge is -2.30. The number of anilines is 1. The maximum Gasteiger partial charge on any atom is 0.334 e. The molecule has 0 atom stereocenters. The van der Waals surface area contributed by atoms with Crippen molar-refractivity contribution >= 4 is 11.7 Å². The highest BCUT2D eigenvalue weighted by Gasteiger charge is 2.26. The van der Waals surface area contributed by atoms with Crippen molar-refractivity contribution in [3.05, 3.63) is 42.5 Å². The van der Waals surface area contributed by atoms with Gasteiger partial charge in [0.2, 0.25) is 0 Å². The molecule has 0 fully saturated rings. The number of nitrogens with zero attached hydrogens (tertiary/aromatic N) is 3. The Morgan fingerprint density at radius 1 is 1.42 bits per heavy atom. The summed E-state index contributed by atoms with van der Waals surface area (Å²) in [4.78, 5) is 18.2. The molecule has 0 saturated carbocycles. The van der Waals surface area contributed by atoms with Gasteiger partial charge in [-0.25, -0.2) is 9.78 Å². The minimum Gasteiger partial charge on any atom is -0.495 e. The van der Waals surface area contributed by atoms with E-state index in [-0.39, 0.29) is 6.03 Å². The van der Waals surface area contributed by atoms with Crippen molar-refractivity contribution in [1.29, 1.82) is 0 Å². The number of rotatable bonds is 1. The highest BCUT2D eigenvalue weighted by molar-refractivity contribution is 5.96. The lowest BCUT2D eigenvalue weighted by Crippen LogP contribution is -2.38. The topological polar surface area (TPSA) is 47.4 Å². The Labute approximate surface area is 111 Å². The Hall–Kier alpha value is -2.30. The van der Waals surface area contributed by atoms with Gasteiger partial charge in [0, 0.05) is 18.9 Å². The van der Waals surface area contributed by atoms with Crippen LogP contribution in [0.15, 0.2) is 36.9 Å². The first-order valence-corrected chi connectivity index (χ1v) is 6.27. The summed E-state index contributed by atoms with van der Waals surface area (Å²) >= 11 is 0. The molecule has 1 aliphatic rings. The van der Waals surface area contributed by atoms with Gasteiger partial charge in [0.05, 0.1) is 12.8 Å². The van der Waals surface area contributed by atoms with E-state index >= 15 is 0 Å². The number of aryl methyl sites for hydroxylation is 1. The number of carbonyl (C=O) groups is 1. The largest absolute Gasteiger partial charge is 0.495 e. The second-order valence-corrected chi connectivity index (χ2v) is 4.48. The predicted molar refractivity (Wildman–Crippen MR) is 71.7 cm³/mol. The Balaban J connectivity index is 2.05. The molecule has 0 unspecified atom stereocenters. The van der Waals surface area contributed by atoms with Gasteiger partial charge in [0.15, 0.2) is 0 Å². The number of hydrogen-bond donors (Lipinski definition) is 0. The number of fused-ring (bicyclic) bond motifs is 1. The molecular weight excluding hydrogens is 242 g/mol. The van der Waals surface area contributed by atoms with Crippen molar-refractivity contribution < 1.29 is 9.53 Å². The fourth-order valence-corrected chi connectivity index (χ4v) is 2.48. The first-order chi connectivity index (χ1) is 9.31. The standard InChI is InChI=1S/C14H15N3O2/c1-19-12-6-2-4-11-5-3-8-17(13(11)12)14(18)16-9-7-15-10-16/h2,4,6-7,9-10H,3,5,8H2,1H3. The zero-order valence-corrected chi connectivity index (χ0v) is 10.7. The Morgan fingerprint density at radius 3 is 3.05 bits per heavy atom. The average Bonchev–Trinajstić information content (AvgIpc) is 2.99. The third-order valence-electron chi connectivity index (χ3n) is 3.36. The van der Waals surface area contributed by atoms with E-state index in [1.54, 1.807) is 24.4 Å². The molecule has 0 bridgehead atoms. The maximum absolute atomic E-state index is 12.5. The van der Waals surface area contributed by atoms with E-state index in [2.05, 4.69) is 4.98 Å². The van der Waals surface area contributed by atoms with E-state index in [0.29, 0.717) is 6.54 Å². The number of carbonyl (C=O) groups excluding carboxylic acids is 1. The first-order valence-electron chi connectivity index (χ1n) is 6.27. The van der Waals surface area contributed by atoms with Crippen LogP contribution >= 0.6 is 0 Å². The molecule has 0 radical (unpaired) electrons. The molecular formula is C14H15N3O2. The van der Waals surface area contributed by atoms with Crippen LogP contribution in [0.2, 0.25) is 0 Å². The second kappa shape index (κ2) is 4.76. The number of methoxy groups -OCH3 is 1. The minimum atomic E-state index is -0.0945. The van der Waals surface area contributed by atoms with E-state index in [1.165, 1.54) is 10.9 Å². The van der Waals surface area contributed by atoms with Crippen LogP contribution in [-0.4, -0.2) is 29.2 Å². The number of aromatic nitrogens is 2. The maximum atomic E-state index is 12.5. The molecule has 0 N–H and O–H groups in total. The average molecular weight is 257 g/mol. The SMILES string of the molecule is COc1cccc2c1N(C(=O)n1ccnc1)CCC2. The number of para-hydroxylation sites is 1. The first kappa shape index (κ1) is 11.8. The highest BCUT2D eigenvalue weighted by atomic mass is 16.5. The molecule has 0 spiro atoms. The van der Waals surface area contributed by atoms with Crippen molar-refractivity contribution in [2.45, 2.75) is 12.8 Å². The molecule has 0 aliphatic carbocycles. The van der Waals surface area contributed by atoms with Crippen LogP contribution in [0.4, 0.5) is 10.5 Å². The van der Waals surface area contributed by atoms with E-state index in [1.807, 2.05) is 18.2 Å². The molecule has 5 nitrogen and oxygen atoms in total. The van der Waals surface area contributed by atoms with Crippen LogP contribution in [0.5, 0.6) is 5.75 Å². The number of ether oxygens (including phenoxy) is 1. The van der Waals surface area contributed by atoms with E-state index in [9.17, 15) is 4.79 Å². The minimum absolute atomic E-state index is 0.0945. The van der Waals surface area contributed by atoms with E-state index in [4.69, 9.17) is 4.74 Å². The van der Waals surface area contributed by atoms with Gasteiger partial charge >= 0.3 is 6.03 Å². The quantitative estimate of drug-likeness (QED) is 0.787. The van der Waals surface area contributed by atoms with Gasteiger partial charge in [0.1, 0.15) is 12.1 Å². The van der Waals surface area contributed by atoms with Crippen LogP contribution < -0.4 is 9.64 Å². The van der Waals surface area contributed by atoms with Gasteiger partial charge < -0.3 is 4.74 Å². The lowest BCUT2D eigenvalue weighted by molar-refractivity contribution is 0.247. The third kappa shape index (κ3) is 1.97. The molecule has 1 aromatic heterocycles. The van der Waals surface area contributed by atoms with Crippen molar-refractivity contribution in [3.63, 3.8) is 0 Å². The van der Waals surface area contributed by atoms with Crippen molar-refractivity contribution in [2.75, 3.05) is 18.6 Å². The monoisotopic (exact) mass is 257 g/mol. The van der Waals surface area contributed by atoms with Gasteiger partial charge in [-0.3, -0.25) is 9.47 Å². The fourth-order valence-electron chi connectivity index (χ4n) is 2.48. The summed E-state index contributed by atoms with van der Waals surface area (Å²) in [7, 11) is 1.63. The van der Waals surface area contributed by atoms with Crippen LogP contribution in [0.25, 0.3) is 0 Å². The normalized spacial score (nSPS) is 14.1. The molecule has 2 aromatic rings. The summed E-state index contributed by atoms with van der Waals surface area (Å²) in [6, 6.07) is 5.80. The second-order valence-electron chi connectivity index (χ2n) is 4.48. The molecule has 2 heterocycles. The van der Waals surface area contributed by atoms with Crippen LogP contribution in [0, 0.1) is 0 Å². The molecule has 0 saturated heterocycles. The summed E-state index contributed by atoms with van der Waals surface area (Å²) in [6.45, 7) is 0.699. The Kier molecular flexibility index (Phi) is 2.95. The van der Waals surface area contributed by atoms with Crippen LogP contribution in [0.1, 0.15) is 12.0 Å². The Morgan fingerprint density at radius 2 is 2.32 bits per heavy atom. The number of benzene rings is 1. The predicted octanol–water partition coefficient (Wildman–Crippen LogP) is 2.31. The van der Waals surface area contributed by atoms with Gasteiger partial charge in [-0.1, -0.05) is 12.1 Å². The van der Waals surface area contributed by atoms with E-state index < -0.39 is 0 Å². The lowest BCUT2D eigenvalue weighted by atomic mass is 10.0. The van der Waals surface area contributed by atoms with E-state index in [0.717, 1.165) is 29.8 Å². The molecule has 19 heavy (non-hydrogen) atoms. The van der Waals surface area contributed by atoms with Crippen molar-refractivity contribution in [1.82, 2.24) is 9.55 Å². The Bertz CT molecular complexity index is 578. The van der Waals surface area contributed by atoms with Gasteiger partial charge in [-0.05, 0) is 24.5 Å². The number of amides is 1. The van der Waals surface area contributed by atoms with Crippen molar-refractivity contribution in [2.24, 2.45) is 0 Å². The van der Waals surface area contributed by atoms with Gasteiger partial charge in [-0.2, -0.15) is 0 Å². The summed E-state index contributed by atoms with van der Waals surface area (Å²) in [5.41, 5.74) is 2.04. The smallest absolute Gasteiger partial charge is 0.334 e. The molecule has 5 heteroatoms. The third-order valence-corrected chi connectivity index (χ3v) is 3.36. The summed E-state index contributed by atoms with van der Waals surface area (Å²) in [5.74, 6) is 0.741. The zero-order chi connectivity index (χ0) is 13.2. The number of hydrogen-bond acceptors (Lipinski definition) is 3. The molecule has 1 aromatic carbocycles. The molecule has 1 amide bonds. The molecule has 3 rings (SSSR count). The molecule has 1 aliphatic heterocycles. The van der Waals surface area contributed by atoms with Gasteiger partial charge in [0.25, 0.3) is 0 Å². The summed E-state index contributed by atoms with van der Waals surface area (Å²) in [6.07, 6.45) is 6.71. The highest BCUT2D eigenvalue weighted by Crippen LogP contribution is 2.36. The van der Waals surface area contributed by atoms with Gasteiger partial charge in [-0.15, -0.1) is 0 Å².